The summed E-state index contributed by atoms with van der Waals surface area (Å²) in [4.78, 5) is 13.6. The van der Waals surface area contributed by atoms with Crippen LogP contribution in [-0.2, 0) is 21.3 Å². The van der Waals surface area contributed by atoms with Gasteiger partial charge in [-0.3, -0.25) is 4.31 Å². The molecule has 1 amide bonds. The van der Waals surface area contributed by atoms with Crippen LogP contribution in [0.5, 0.6) is 0 Å². The molecule has 1 aromatic rings. The zero-order chi connectivity index (χ0) is 18.8. The minimum Gasteiger partial charge on any atom is -0.444 e. The molecule has 0 atom stereocenters. The fourth-order valence-corrected chi connectivity index (χ4v) is 4.37. The monoisotopic (exact) mass is 369 g/mol. The van der Waals surface area contributed by atoms with Crippen LogP contribution in [0.15, 0.2) is 18.2 Å². The average Bonchev–Trinajstić information content (AvgIpc) is 2.46. The molecule has 1 fully saturated rings. The number of nitrogen functional groups attached to an aromatic ring is 1. The molecular formula is C17H27N3O4S. The Kier molecular flexibility index (Phi) is 5.51. The summed E-state index contributed by atoms with van der Waals surface area (Å²) in [6.45, 7) is 6.04. The first-order chi connectivity index (χ1) is 11.5. The number of sulfonamides is 1. The lowest BCUT2D eigenvalue weighted by Gasteiger charge is -2.31. The molecule has 2 N–H and O–H groups in total. The lowest BCUT2D eigenvalue weighted by atomic mass is 10.1. The Morgan fingerprint density at radius 1 is 1.32 bits per heavy atom. The molecule has 1 aromatic carbocycles. The van der Waals surface area contributed by atoms with Gasteiger partial charge in [0.1, 0.15) is 5.60 Å². The minimum absolute atomic E-state index is 0.138. The number of amides is 1. The van der Waals surface area contributed by atoms with Crippen molar-refractivity contribution >= 4 is 27.5 Å². The Hall–Kier alpha value is -1.96. The molecule has 2 rings (SSSR count). The third-order valence-electron chi connectivity index (χ3n) is 3.83. The fraction of sp³-hybridized carbons (Fsp3) is 0.588. The highest BCUT2D eigenvalue weighted by Gasteiger charge is 2.28. The highest BCUT2D eigenvalue weighted by molar-refractivity contribution is 7.92. The van der Waals surface area contributed by atoms with Crippen molar-refractivity contribution in [3.8, 4) is 0 Å². The largest absolute Gasteiger partial charge is 0.444 e. The normalized spacial score (nSPS) is 17.2. The second-order valence-corrected chi connectivity index (χ2v) is 9.33. The van der Waals surface area contributed by atoms with Crippen molar-refractivity contribution in [3.63, 3.8) is 0 Å². The molecule has 1 saturated heterocycles. The smallest absolute Gasteiger partial charge is 0.410 e. The minimum atomic E-state index is -3.34. The van der Waals surface area contributed by atoms with E-state index < -0.39 is 21.7 Å². The van der Waals surface area contributed by atoms with Gasteiger partial charge in [0.15, 0.2) is 0 Å². The number of benzene rings is 1. The van der Waals surface area contributed by atoms with Gasteiger partial charge in [0.25, 0.3) is 0 Å². The number of nitrogens with zero attached hydrogens (tertiary/aromatic N) is 2. The van der Waals surface area contributed by atoms with Crippen molar-refractivity contribution in [1.29, 1.82) is 0 Å². The first-order valence-corrected chi connectivity index (χ1v) is 9.93. The van der Waals surface area contributed by atoms with E-state index in [4.69, 9.17) is 10.5 Å². The van der Waals surface area contributed by atoms with Crippen LogP contribution >= 0.6 is 0 Å². The van der Waals surface area contributed by atoms with Gasteiger partial charge in [-0.05, 0) is 57.4 Å². The number of carbonyl (C=O) groups is 1. The Bertz CT molecular complexity index is 741. The van der Waals surface area contributed by atoms with Crippen LogP contribution in [0.25, 0.3) is 0 Å². The first-order valence-electron chi connectivity index (χ1n) is 8.32. The maximum atomic E-state index is 12.4. The lowest BCUT2D eigenvalue weighted by Crippen LogP contribution is -2.39. The summed E-state index contributed by atoms with van der Waals surface area (Å²) in [5.41, 5.74) is 7.05. The molecule has 0 radical (unpaired) electrons. The van der Waals surface area contributed by atoms with E-state index in [1.807, 2.05) is 0 Å². The van der Waals surface area contributed by atoms with E-state index in [0.717, 1.165) is 6.42 Å². The van der Waals surface area contributed by atoms with Crippen molar-refractivity contribution in [2.75, 3.05) is 29.4 Å². The van der Waals surface area contributed by atoms with Crippen LogP contribution in [0.1, 0.15) is 39.2 Å². The Morgan fingerprint density at radius 2 is 2.00 bits per heavy atom. The highest BCUT2D eigenvalue weighted by atomic mass is 32.2. The zero-order valence-corrected chi connectivity index (χ0v) is 16.1. The molecule has 0 saturated carbocycles. The molecule has 0 unspecified atom stereocenters. The van der Waals surface area contributed by atoms with Crippen LogP contribution in [0.2, 0.25) is 0 Å². The first kappa shape index (κ1) is 19.4. The van der Waals surface area contributed by atoms with Crippen molar-refractivity contribution in [3.05, 3.63) is 23.8 Å². The van der Waals surface area contributed by atoms with Gasteiger partial charge < -0.3 is 15.4 Å². The third kappa shape index (κ3) is 5.01. The standard InChI is InChI=1S/C17H27N3O4S/c1-17(2,3)24-16(21)19(4)12-13-11-14(18)7-8-15(13)20-9-5-6-10-25(20,22)23/h7-8,11H,5-6,9-10,12,18H2,1-4H3. The number of nitrogens with two attached hydrogens (primary N) is 1. The van der Waals surface area contributed by atoms with Crippen LogP contribution < -0.4 is 10.0 Å². The van der Waals surface area contributed by atoms with E-state index in [1.165, 1.54) is 9.21 Å². The second kappa shape index (κ2) is 7.11. The van der Waals surface area contributed by atoms with Crippen LogP contribution in [0.3, 0.4) is 0 Å². The van der Waals surface area contributed by atoms with E-state index in [9.17, 15) is 13.2 Å². The zero-order valence-electron chi connectivity index (χ0n) is 15.3. The number of rotatable bonds is 3. The summed E-state index contributed by atoms with van der Waals surface area (Å²) in [6.07, 6.45) is 1.01. The Balaban J connectivity index is 2.29. The lowest BCUT2D eigenvalue weighted by molar-refractivity contribution is 0.0285. The SMILES string of the molecule is CN(Cc1cc(N)ccc1N1CCCCS1(=O)=O)C(=O)OC(C)(C)C. The number of anilines is 2. The van der Waals surface area contributed by atoms with Gasteiger partial charge in [-0.15, -0.1) is 0 Å². The molecule has 0 aromatic heterocycles. The van der Waals surface area contributed by atoms with Crippen molar-refractivity contribution in [1.82, 2.24) is 4.90 Å². The number of ether oxygens (including phenoxy) is 1. The van der Waals surface area contributed by atoms with Gasteiger partial charge in [-0.2, -0.15) is 0 Å². The fourth-order valence-electron chi connectivity index (χ4n) is 2.69. The maximum Gasteiger partial charge on any atom is 0.410 e. The molecule has 8 heteroatoms. The second-order valence-electron chi connectivity index (χ2n) is 7.32. The molecule has 0 spiro atoms. The van der Waals surface area contributed by atoms with Gasteiger partial charge in [-0.25, -0.2) is 13.2 Å². The third-order valence-corrected chi connectivity index (χ3v) is 5.69. The summed E-state index contributed by atoms with van der Waals surface area (Å²) < 4.78 is 31.6. The van der Waals surface area contributed by atoms with Gasteiger partial charge in [-0.1, -0.05) is 0 Å². The van der Waals surface area contributed by atoms with E-state index in [-0.39, 0.29) is 12.3 Å². The summed E-state index contributed by atoms with van der Waals surface area (Å²) in [5, 5.41) is 0. The topological polar surface area (TPSA) is 92.9 Å². The van der Waals surface area contributed by atoms with Crippen LogP contribution in [-0.4, -0.2) is 44.4 Å². The predicted octanol–water partition coefficient (Wildman–Crippen LogP) is 2.57. The van der Waals surface area contributed by atoms with Crippen molar-refractivity contribution < 1.29 is 17.9 Å². The van der Waals surface area contributed by atoms with E-state index >= 15 is 0 Å². The summed E-state index contributed by atoms with van der Waals surface area (Å²) in [7, 11) is -1.72. The van der Waals surface area contributed by atoms with Crippen molar-refractivity contribution in [2.24, 2.45) is 0 Å². The number of hydrogen-bond donors (Lipinski definition) is 1. The van der Waals surface area contributed by atoms with Gasteiger partial charge in [0, 0.05) is 19.3 Å². The molecule has 1 aliphatic rings. The van der Waals surface area contributed by atoms with Gasteiger partial charge in [0.2, 0.25) is 10.0 Å². The van der Waals surface area contributed by atoms with E-state index in [0.29, 0.717) is 29.9 Å². The maximum absolute atomic E-state index is 12.4. The predicted molar refractivity (Wildman–Crippen MR) is 98.9 cm³/mol. The highest BCUT2D eigenvalue weighted by Crippen LogP contribution is 2.29. The average molecular weight is 369 g/mol. The molecule has 0 bridgehead atoms. The molecule has 140 valence electrons. The number of hydrogen-bond acceptors (Lipinski definition) is 5. The molecular weight excluding hydrogens is 342 g/mol. The van der Waals surface area contributed by atoms with Crippen LogP contribution in [0, 0.1) is 0 Å². The van der Waals surface area contributed by atoms with E-state index in [1.54, 1.807) is 46.0 Å². The molecule has 25 heavy (non-hydrogen) atoms. The molecule has 1 heterocycles. The Morgan fingerprint density at radius 3 is 2.60 bits per heavy atom. The molecule has 7 nitrogen and oxygen atoms in total. The van der Waals surface area contributed by atoms with Gasteiger partial charge >= 0.3 is 6.09 Å². The van der Waals surface area contributed by atoms with Gasteiger partial charge in [0.05, 0.1) is 18.0 Å². The Labute approximate surface area is 149 Å². The number of carbonyl (C=O) groups excluding carboxylic acids is 1. The van der Waals surface area contributed by atoms with Crippen LogP contribution in [0.4, 0.5) is 16.2 Å². The summed E-state index contributed by atoms with van der Waals surface area (Å²) in [6, 6.07) is 5.09. The summed E-state index contributed by atoms with van der Waals surface area (Å²) >= 11 is 0. The molecule has 0 aliphatic carbocycles. The quantitative estimate of drug-likeness (QED) is 0.827. The summed E-state index contributed by atoms with van der Waals surface area (Å²) in [5.74, 6) is 0.138. The van der Waals surface area contributed by atoms with Crippen molar-refractivity contribution in [2.45, 2.75) is 45.8 Å². The molecule has 1 aliphatic heterocycles. The van der Waals surface area contributed by atoms with E-state index in [2.05, 4.69) is 0 Å².